The van der Waals surface area contributed by atoms with Crippen molar-refractivity contribution in [1.82, 2.24) is 4.98 Å². The summed E-state index contributed by atoms with van der Waals surface area (Å²) in [4.78, 5) is 14.3. The van der Waals surface area contributed by atoms with E-state index >= 15 is 0 Å². The molecule has 0 N–H and O–H groups in total. The highest BCUT2D eigenvalue weighted by atomic mass is 17.2. The maximum atomic E-state index is 5.23. The summed E-state index contributed by atoms with van der Waals surface area (Å²) >= 11 is 0. The van der Waals surface area contributed by atoms with Gasteiger partial charge in [-0.3, -0.25) is 4.98 Å². The van der Waals surface area contributed by atoms with Crippen LogP contribution >= 0.6 is 0 Å². The molecule has 1 fully saturated rings. The summed E-state index contributed by atoms with van der Waals surface area (Å²) in [6.07, 6.45) is 6.61. The van der Waals surface area contributed by atoms with E-state index in [1.54, 1.807) is 31.6 Å². The van der Waals surface area contributed by atoms with Gasteiger partial charge in [0.1, 0.15) is 0 Å². The Labute approximate surface area is 89.1 Å². The Morgan fingerprint density at radius 2 is 2.07 bits per heavy atom. The van der Waals surface area contributed by atoms with Crippen molar-refractivity contribution in [1.29, 1.82) is 0 Å². The molecule has 1 saturated carbocycles. The van der Waals surface area contributed by atoms with Crippen molar-refractivity contribution in [3.63, 3.8) is 0 Å². The highest BCUT2D eigenvalue weighted by molar-refractivity contribution is 5.15. The van der Waals surface area contributed by atoms with Crippen molar-refractivity contribution in [2.45, 2.75) is 25.6 Å². The number of pyridine rings is 1. The maximum absolute atomic E-state index is 5.23. The number of methoxy groups -OCH3 is 1. The van der Waals surface area contributed by atoms with Crippen LogP contribution in [0, 0.1) is 5.92 Å². The fourth-order valence-electron chi connectivity index (χ4n) is 1.52. The van der Waals surface area contributed by atoms with Gasteiger partial charge in [0.25, 0.3) is 0 Å². The van der Waals surface area contributed by atoms with Gasteiger partial charge >= 0.3 is 0 Å². The number of aromatic nitrogens is 1. The van der Waals surface area contributed by atoms with Crippen LogP contribution in [0.2, 0.25) is 0 Å². The molecule has 4 heteroatoms. The quantitative estimate of drug-likeness (QED) is 0.423. The summed E-state index contributed by atoms with van der Waals surface area (Å²) in [5, 5.41) is 0. The first-order valence-corrected chi connectivity index (χ1v) is 5.16. The van der Waals surface area contributed by atoms with Crippen LogP contribution in [-0.4, -0.2) is 18.4 Å². The molecule has 1 atom stereocenters. The van der Waals surface area contributed by atoms with Crippen LogP contribution in [0.3, 0.4) is 0 Å². The van der Waals surface area contributed by atoms with Crippen LogP contribution in [0.5, 0.6) is 5.75 Å². The van der Waals surface area contributed by atoms with Gasteiger partial charge in [0.2, 0.25) is 6.29 Å². The summed E-state index contributed by atoms with van der Waals surface area (Å²) in [5.41, 5.74) is 0. The molecule has 0 aromatic carbocycles. The first kappa shape index (κ1) is 10.4. The number of nitrogens with zero attached hydrogens (tertiary/aromatic N) is 1. The topological polar surface area (TPSA) is 40.6 Å². The molecule has 1 aliphatic carbocycles. The SMILES string of the molecule is CO[C@@H](OOc1ccncc1)C1CCC1. The zero-order chi connectivity index (χ0) is 10.5. The first-order chi connectivity index (χ1) is 7.40. The average Bonchev–Trinajstić information content (AvgIpc) is 2.23. The zero-order valence-electron chi connectivity index (χ0n) is 8.76. The van der Waals surface area contributed by atoms with E-state index in [-0.39, 0.29) is 6.29 Å². The van der Waals surface area contributed by atoms with Crippen molar-refractivity contribution in [2.24, 2.45) is 5.92 Å². The number of hydrogen-bond acceptors (Lipinski definition) is 4. The molecule has 0 radical (unpaired) electrons. The smallest absolute Gasteiger partial charge is 0.205 e. The lowest BCUT2D eigenvalue weighted by molar-refractivity contribution is -0.334. The molecule has 15 heavy (non-hydrogen) atoms. The van der Waals surface area contributed by atoms with Crippen molar-refractivity contribution in [3.8, 4) is 5.75 Å². The highest BCUT2D eigenvalue weighted by Gasteiger charge is 2.29. The Hall–Kier alpha value is -1.13. The molecule has 0 unspecified atom stereocenters. The van der Waals surface area contributed by atoms with Crippen molar-refractivity contribution >= 4 is 0 Å². The van der Waals surface area contributed by atoms with Gasteiger partial charge in [0.05, 0.1) is 0 Å². The van der Waals surface area contributed by atoms with Crippen LogP contribution < -0.4 is 4.89 Å². The van der Waals surface area contributed by atoms with Crippen molar-refractivity contribution < 1.29 is 14.5 Å². The summed E-state index contributed by atoms with van der Waals surface area (Å²) in [6, 6.07) is 3.49. The molecular weight excluding hydrogens is 194 g/mol. The Kier molecular flexibility index (Phi) is 3.53. The van der Waals surface area contributed by atoms with E-state index in [0.717, 1.165) is 12.8 Å². The lowest BCUT2D eigenvalue weighted by Crippen LogP contribution is -2.32. The van der Waals surface area contributed by atoms with E-state index in [4.69, 9.17) is 14.5 Å². The average molecular weight is 209 g/mol. The predicted molar refractivity (Wildman–Crippen MR) is 54.1 cm³/mol. The van der Waals surface area contributed by atoms with Crippen LogP contribution in [0.4, 0.5) is 0 Å². The summed E-state index contributed by atoms with van der Waals surface area (Å²) in [5.74, 6) is 1.11. The molecular formula is C11H15NO3. The Balaban J connectivity index is 1.80. The van der Waals surface area contributed by atoms with Crippen LogP contribution in [-0.2, 0) is 9.62 Å². The Morgan fingerprint density at radius 1 is 1.33 bits per heavy atom. The zero-order valence-corrected chi connectivity index (χ0v) is 8.76. The lowest BCUT2D eigenvalue weighted by Gasteiger charge is -2.30. The van der Waals surface area contributed by atoms with Crippen molar-refractivity contribution in [3.05, 3.63) is 24.5 Å². The molecule has 1 aromatic rings. The molecule has 2 rings (SSSR count). The van der Waals surface area contributed by atoms with Crippen molar-refractivity contribution in [2.75, 3.05) is 7.11 Å². The maximum Gasteiger partial charge on any atom is 0.205 e. The lowest BCUT2D eigenvalue weighted by atomic mass is 9.85. The van der Waals surface area contributed by atoms with Gasteiger partial charge in [0.15, 0.2) is 5.75 Å². The van der Waals surface area contributed by atoms with Gasteiger partial charge in [0, 0.05) is 37.6 Å². The third-order valence-electron chi connectivity index (χ3n) is 2.66. The predicted octanol–water partition coefficient (Wildman–Crippen LogP) is 2.16. The third kappa shape index (κ3) is 2.67. The summed E-state index contributed by atoms with van der Waals surface area (Å²) in [7, 11) is 1.64. The normalized spacial score (nSPS) is 18.2. The largest absolute Gasteiger partial charge is 0.352 e. The molecule has 0 bridgehead atoms. The fraction of sp³-hybridized carbons (Fsp3) is 0.545. The van der Waals surface area contributed by atoms with Gasteiger partial charge < -0.3 is 9.62 Å². The molecule has 0 saturated heterocycles. The highest BCUT2D eigenvalue weighted by Crippen LogP contribution is 2.31. The molecule has 0 aliphatic heterocycles. The Morgan fingerprint density at radius 3 is 2.60 bits per heavy atom. The van der Waals surface area contributed by atoms with E-state index in [2.05, 4.69) is 4.98 Å². The molecule has 0 amide bonds. The second-order valence-electron chi connectivity index (χ2n) is 3.66. The van der Waals surface area contributed by atoms with E-state index < -0.39 is 0 Å². The molecule has 1 aromatic heterocycles. The molecule has 1 aliphatic rings. The van der Waals surface area contributed by atoms with Gasteiger partial charge in [-0.25, -0.2) is 0 Å². The second kappa shape index (κ2) is 5.09. The summed E-state index contributed by atoms with van der Waals surface area (Å²) in [6.45, 7) is 0. The Bertz CT molecular complexity index is 287. The first-order valence-electron chi connectivity index (χ1n) is 5.16. The molecule has 4 nitrogen and oxygen atoms in total. The van der Waals surface area contributed by atoms with E-state index in [1.165, 1.54) is 6.42 Å². The van der Waals surface area contributed by atoms with E-state index in [1.807, 2.05) is 0 Å². The standard InChI is InChI=1S/C11H15NO3/c1-13-11(9-3-2-4-9)15-14-10-5-7-12-8-6-10/h5-9,11H,2-4H2,1H3/t11-/m0/s1. The monoisotopic (exact) mass is 209 g/mol. The minimum Gasteiger partial charge on any atom is -0.352 e. The fourth-order valence-corrected chi connectivity index (χ4v) is 1.52. The minimum absolute atomic E-state index is 0.257. The van der Waals surface area contributed by atoms with Gasteiger partial charge in [-0.1, -0.05) is 6.42 Å². The number of rotatable bonds is 5. The van der Waals surface area contributed by atoms with Crippen LogP contribution in [0.25, 0.3) is 0 Å². The summed E-state index contributed by atoms with van der Waals surface area (Å²) < 4.78 is 5.21. The van der Waals surface area contributed by atoms with Crippen LogP contribution in [0.1, 0.15) is 19.3 Å². The molecule has 1 heterocycles. The third-order valence-corrected chi connectivity index (χ3v) is 2.66. The van der Waals surface area contributed by atoms with E-state index in [0.29, 0.717) is 11.7 Å². The number of hydrogen-bond donors (Lipinski definition) is 0. The molecule has 82 valence electrons. The van der Waals surface area contributed by atoms with Crippen LogP contribution in [0.15, 0.2) is 24.5 Å². The minimum atomic E-state index is -0.257. The van der Waals surface area contributed by atoms with Gasteiger partial charge in [-0.15, -0.1) is 0 Å². The van der Waals surface area contributed by atoms with Gasteiger partial charge in [-0.05, 0) is 12.8 Å². The van der Waals surface area contributed by atoms with Gasteiger partial charge in [-0.2, -0.15) is 4.89 Å². The second-order valence-corrected chi connectivity index (χ2v) is 3.66. The molecule has 0 spiro atoms. The van der Waals surface area contributed by atoms with E-state index in [9.17, 15) is 0 Å². The number of ether oxygens (including phenoxy) is 1.